The van der Waals surface area contributed by atoms with E-state index in [1.807, 2.05) is 0 Å². The number of pyridine rings is 1. The number of hydrogen-bond acceptors (Lipinski definition) is 7. The molecule has 1 aliphatic heterocycles. The van der Waals surface area contributed by atoms with Crippen LogP contribution in [0.25, 0.3) is 0 Å². The predicted molar refractivity (Wildman–Crippen MR) is 127 cm³/mol. The molecule has 2 aromatic heterocycles. The molecule has 3 heterocycles. The Morgan fingerprint density at radius 3 is 2.63 bits per heavy atom. The van der Waals surface area contributed by atoms with E-state index in [4.69, 9.17) is 22.2 Å². The molecule has 3 N–H and O–H groups in total. The fourth-order valence-corrected chi connectivity index (χ4v) is 3.93. The Kier molecular flexibility index (Phi) is 7.35. The molecule has 9 nitrogen and oxygen atoms in total. The second-order valence-electron chi connectivity index (χ2n) is 7.90. The number of aromatic nitrogens is 3. The Hall–Kier alpha value is -3.86. The first-order chi connectivity index (χ1) is 16.8. The van der Waals surface area contributed by atoms with E-state index in [9.17, 15) is 13.6 Å². The van der Waals surface area contributed by atoms with Crippen molar-refractivity contribution in [2.75, 3.05) is 24.1 Å². The third kappa shape index (κ3) is 5.80. The van der Waals surface area contributed by atoms with E-state index in [1.165, 1.54) is 23.2 Å². The minimum Gasteiger partial charge on any atom is -0.368 e. The van der Waals surface area contributed by atoms with E-state index < -0.39 is 23.4 Å². The number of likely N-dealkylation sites (tertiary alicyclic amines) is 1. The number of nitrogens with two attached hydrogens (primary N) is 1. The number of piperidine rings is 1. The topological polar surface area (TPSA) is 119 Å². The summed E-state index contributed by atoms with van der Waals surface area (Å²) in [5.74, 6) is -1.16. The summed E-state index contributed by atoms with van der Waals surface area (Å²) in [4.78, 5) is 31.9. The van der Waals surface area contributed by atoms with Crippen molar-refractivity contribution in [1.82, 2.24) is 19.9 Å². The van der Waals surface area contributed by atoms with Gasteiger partial charge in [0.25, 0.3) is 0 Å². The summed E-state index contributed by atoms with van der Waals surface area (Å²) in [5, 5.41) is 6.76. The van der Waals surface area contributed by atoms with Gasteiger partial charge in [0, 0.05) is 49.1 Å². The molecular formula is C23H22ClF2N7O2. The standard InChI is InChI=1S/C23H22ClF2N7O2/c1-13(32-35-15-5-8-28-19(24)11-15)16-12-29-22(27)30-20(16)14-6-9-33(10-7-14)23(34)31-21-17(25)3-2-4-18(21)26/h2-5,8,11-12,14H,6-7,9-10H2,1H3,(H,31,34)(H2,27,29,30)/b32-13+. The van der Waals surface area contributed by atoms with Crippen LogP contribution in [0.15, 0.2) is 47.9 Å². The van der Waals surface area contributed by atoms with Gasteiger partial charge in [0.15, 0.2) is 5.75 Å². The summed E-state index contributed by atoms with van der Waals surface area (Å²) in [6, 6.07) is 5.99. The minimum absolute atomic E-state index is 0.0370. The van der Waals surface area contributed by atoms with Gasteiger partial charge in [-0.3, -0.25) is 0 Å². The van der Waals surface area contributed by atoms with Crippen molar-refractivity contribution < 1.29 is 18.4 Å². The van der Waals surface area contributed by atoms with Gasteiger partial charge in [-0.2, -0.15) is 0 Å². The highest BCUT2D eigenvalue weighted by Crippen LogP contribution is 2.30. The number of benzene rings is 1. The molecule has 0 radical (unpaired) electrons. The van der Waals surface area contributed by atoms with Crippen LogP contribution in [0.2, 0.25) is 5.15 Å². The Labute approximate surface area is 205 Å². The van der Waals surface area contributed by atoms with Crippen LogP contribution < -0.4 is 15.9 Å². The molecule has 2 amide bonds. The number of nitrogens with one attached hydrogen (secondary N) is 1. The zero-order chi connectivity index (χ0) is 24.9. The number of anilines is 2. The van der Waals surface area contributed by atoms with E-state index in [-0.39, 0.29) is 17.0 Å². The van der Waals surface area contributed by atoms with Gasteiger partial charge in [-0.05, 0) is 31.9 Å². The summed E-state index contributed by atoms with van der Waals surface area (Å²) in [6.45, 7) is 2.48. The Balaban J connectivity index is 1.45. The smallest absolute Gasteiger partial charge is 0.322 e. The molecule has 1 saturated heterocycles. The molecule has 4 rings (SSSR count). The SMILES string of the molecule is C/C(=N\Oc1ccnc(Cl)c1)c1cnc(N)nc1C1CCN(C(=O)Nc2c(F)cccc2F)CC1. The maximum absolute atomic E-state index is 13.9. The molecule has 182 valence electrons. The fraction of sp³-hybridized carbons (Fsp3) is 0.261. The van der Waals surface area contributed by atoms with Crippen LogP contribution in [0.1, 0.15) is 36.9 Å². The van der Waals surface area contributed by atoms with Crippen molar-refractivity contribution in [2.24, 2.45) is 5.16 Å². The van der Waals surface area contributed by atoms with Gasteiger partial charge in [-0.1, -0.05) is 22.8 Å². The molecule has 3 aromatic rings. The Morgan fingerprint density at radius 2 is 1.94 bits per heavy atom. The first kappa shape index (κ1) is 24.3. The largest absolute Gasteiger partial charge is 0.368 e. The number of rotatable bonds is 5. The van der Waals surface area contributed by atoms with Gasteiger partial charge < -0.3 is 20.8 Å². The average Bonchev–Trinajstić information content (AvgIpc) is 2.85. The lowest BCUT2D eigenvalue weighted by molar-refractivity contribution is 0.194. The molecule has 0 unspecified atom stereocenters. The predicted octanol–water partition coefficient (Wildman–Crippen LogP) is 4.60. The molecular weight excluding hydrogens is 480 g/mol. The molecule has 1 aromatic carbocycles. The van der Waals surface area contributed by atoms with Crippen LogP contribution in [0.3, 0.4) is 0 Å². The zero-order valence-electron chi connectivity index (χ0n) is 18.7. The first-order valence-electron chi connectivity index (χ1n) is 10.8. The first-order valence-corrected chi connectivity index (χ1v) is 11.2. The third-order valence-corrected chi connectivity index (χ3v) is 5.78. The number of nitrogen functional groups attached to an aromatic ring is 1. The highest BCUT2D eigenvalue weighted by molar-refractivity contribution is 6.29. The van der Waals surface area contributed by atoms with Crippen LogP contribution in [0, 0.1) is 11.6 Å². The molecule has 12 heteroatoms. The van der Waals surface area contributed by atoms with Gasteiger partial charge in [-0.25, -0.2) is 28.5 Å². The summed E-state index contributed by atoms with van der Waals surface area (Å²) in [6.07, 6.45) is 4.21. The van der Waals surface area contributed by atoms with Crippen LogP contribution in [0.4, 0.5) is 25.2 Å². The van der Waals surface area contributed by atoms with Gasteiger partial charge in [0.1, 0.15) is 22.5 Å². The van der Waals surface area contributed by atoms with Gasteiger partial charge in [0.05, 0.1) is 11.4 Å². The number of hydrogen-bond donors (Lipinski definition) is 2. The molecule has 35 heavy (non-hydrogen) atoms. The highest BCUT2D eigenvalue weighted by Gasteiger charge is 2.28. The molecule has 0 spiro atoms. The second-order valence-corrected chi connectivity index (χ2v) is 8.28. The van der Waals surface area contributed by atoms with E-state index in [0.717, 1.165) is 12.1 Å². The van der Waals surface area contributed by atoms with Crippen molar-refractivity contribution >= 4 is 35.0 Å². The van der Waals surface area contributed by atoms with Crippen molar-refractivity contribution in [3.63, 3.8) is 0 Å². The average molecular weight is 502 g/mol. The summed E-state index contributed by atoms with van der Waals surface area (Å²) >= 11 is 5.87. The van der Waals surface area contributed by atoms with Crippen molar-refractivity contribution in [1.29, 1.82) is 0 Å². The van der Waals surface area contributed by atoms with E-state index in [0.29, 0.717) is 48.6 Å². The molecule has 0 aliphatic carbocycles. The minimum atomic E-state index is -0.833. The quantitative estimate of drug-likeness (QED) is 0.299. The van der Waals surface area contributed by atoms with Gasteiger partial charge in [0.2, 0.25) is 5.95 Å². The zero-order valence-corrected chi connectivity index (χ0v) is 19.5. The van der Waals surface area contributed by atoms with Gasteiger partial charge >= 0.3 is 6.03 Å². The monoisotopic (exact) mass is 501 g/mol. The highest BCUT2D eigenvalue weighted by atomic mass is 35.5. The number of nitrogens with zero attached hydrogens (tertiary/aromatic N) is 5. The van der Waals surface area contributed by atoms with Gasteiger partial charge in [-0.15, -0.1) is 0 Å². The summed E-state index contributed by atoms with van der Waals surface area (Å²) in [7, 11) is 0. The Bertz CT molecular complexity index is 1250. The number of halogens is 3. The van der Waals surface area contributed by atoms with E-state index in [2.05, 4.69) is 25.4 Å². The molecule has 1 aliphatic rings. The molecule has 1 fully saturated rings. The lowest BCUT2D eigenvalue weighted by atomic mass is 9.90. The number of carbonyl (C=O) groups is 1. The second kappa shape index (κ2) is 10.6. The Morgan fingerprint density at radius 1 is 1.23 bits per heavy atom. The number of para-hydroxylation sites is 1. The molecule has 0 atom stereocenters. The third-order valence-electron chi connectivity index (χ3n) is 5.58. The van der Waals surface area contributed by atoms with E-state index in [1.54, 1.807) is 19.2 Å². The maximum atomic E-state index is 13.9. The fourth-order valence-electron chi connectivity index (χ4n) is 3.77. The normalized spacial score (nSPS) is 14.6. The molecule has 0 saturated carbocycles. The number of carbonyl (C=O) groups excluding carboxylic acids is 1. The van der Waals surface area contributed by atoms with Crippen molar-refractivity contribution in [2.45, 2.75) is 25.7 Å². The van der Waals surface area contributed by atoms with Crippen molar-refractivity contribution in [3.8, 4) is 5.75 Å². The number of amides is 2. The summed E-state index contributed by atoms with van der Waals surface area (Å²) < 4.78 is 27.8. The molecule has 0 bridgehead atoms. The van der Waals surface area contributed by atoms with Crippen LogP contribution in [-0.4, -0.2) is 44.7 Å². The number of oxime groups is 1. The number of urea groups is 1. The summed E-state index contributed by atoms with van der Waals surface area (Å²) in [5.41, 5.74) is 7.26. The van der Waals surface area contributed by atoms with Crippen LogP contribution in [0.5, 0.6) is 5.75 Å². The van der Waals surface area contributed by atoms with Crippen LogP contribution >= 0.6 is 11.6 Å². The lowest BCUT2D eigenvalue weighted by Crippen LogP contribution is -2.41. The lowest BCUT2D eigenvalue weighted by Gasteiger charge is -2.32. The van der Waals surface area contributed by atoms with Crippen molar-refractivity contribution in [3.05, 3.63) is 70.8 Å². The van der Waals surface area contributed by atoms with E-state index >= 15 is 0 Å². The maximum Gasteiger partial charge on any atom is 0.322 e. The van der Waals surface area contributed by atoms with Crippen LogP contribution in [-0.2, 0) is 0 Å².